The molecule has 1 aromatic rings. The summed E-state index contributed by atoms with van der Waals surface area (Å²) in [4.78, 5) is 0. The van der Waals surface area contributed by atoms with Gasteiger partial charge in [0.2, 0.25) is 0 Å². The lowest BCUT2D eigenvalue weighted by atomic mass is 10.1. The lowest BCUT2D eigenvalue weighted by Gasteiger charge is -2.21. The fourth-order valence-electron chi connectivity index (χ4n) is 1.48. The molecule has 1 heterocycles. The second-order valence-electron chi connectivity index (χ2n) is 3.28. The molecule has 0 saturated carbocycles. The molecule has 1 atom stereocenters. The van der Waals surface area contributed by atoms with E-state index in [0.29, 0.717) is 19.0 Å². The topological polar surface area (TPSA) is 64.7 Å². The first kappa shape index (κ1) is 10.2. The molecule has 0 aliphatic carbocycles. The van der Waals surface area contributed by atoms with E-state index in [9.17, 15) is 4.39 Å². The number of nitrogens with two attached hydrogens (primary N) is 1. The van der Waals surface area contributed by atoms with E-state index in [1.807, 2.05) is 0 Å². The molecular formula is C10H12FNO3. The van der Waals surface area contributed by atoms with Gasteiger partial charge in [-0.2, -0.15) is 0 Å². The maximum absolute atomic E-state index is 13.8. The molecule has 15 heavy (non-hydrogen) atoms. The van der Waals surface area contributed by atoms with Crippen LogP contribution in [0.25, 0.3) is 0 Å². The average Bonchev–Trinajstić information content (AvgIpc) is 2.29. The van der Waals surface area contributed by atoms with E-state index < -0.39 is 11.9 Å². The van der Waals surface area contributed by atoms with Crippen LogP contribution in [0.1, 0.15) is 11.6 Å². The van der Waals surface area contributed by atoms with Crippen molar-refractivity contribution in [2.45, 2.75) is 6.04 Å². The van der Waals surface area contributed by atoms with E-state index in [1.165, 1.54) is 6.07 Å². The fourth-order valence-corrected chi connectivity index (χ4v) is 1.48. The largest absolute Gasteiger partial charge is 0.486 e. The maximum Gasteiger partial charge on any atom is 0.197 e. The highest BCUT2D eigenvalue weighted by molar-refractivity contribution is 5.46. The monoisotopic (exact) mass is 213 g/mol. The van der Waals surface area contributed by atoms with Gasteiger partial charge in [-0.3, -0.25) is 0 Å². The Labute approximate surface area is 86.4 Å². The minimum Gasteiger partial charge on any atom is -0.486 e. The van der Waals surface area contributed by atoms with E-state index in [2.05, 4.69) is 0 Å². The molecule has 0 aromatic heterocycles. The van der Waals surface area contributed by atoms with Crippen LogP contribution < -0.4 is 15.2 Å². The predicted octanol–water partition coefficient (Wildman–Crippen LogP) is 0.589. The van der Waals surface area contributed by atoms with Gasteiger partial charge in [0, 0.05) is 5.56 Å². The van der Waals surface area contributed by atoms with Gasteiger partial charge in [0.15, 0.2) is 17.3 Å². The van der Waals surface area contributed by atoms with E-state index in [-0.39, 0.29) is 17.9 Å². The first-order chi connectivity index (χ1) is 7.24. The standard InChI is InChI=1S/C10H12FNO3/c11-9-6(7(12)5-13)1-2-8-10(9)15-4-3-14-8/h1-2,7,13H,3-5,12H2. The number of hydrogen-bond acceptors (Lipinski definition) is 4. The van der Waals surface area contributed by atoms with Gasteiger partial charge >= 0.3 is 0 Å². The molecule has 0 spiro atoms. The zero-order valence-electron chi connectivity index (χ0n) is 8.07. The minimum absolute atomic E-state index is 0.0858. The summed E-state index contributed by atoms with van der Waals surface area (Å²) < 4.78 is 24.2. The first-order valence-corrected chi connectivity index (χ1v) is 4.68. The number of hydrogen-bond donors (Lipinski definition) is 2. The Morgan fingerprint density at radius 3 is 2.87 bits per heavy atom. The molecule has 4 nitrogen and oxygen atoms in total. The van der Waals surface area contributed by atoms with Gasteiger partial charge < -0.3 is 20.3 Å². The van der Waals surface area contributed by atoms with Crippen molar-refractivity contribution in [3.05, 3.63) is 23.5 Å². The van der Waals surface area contributed by atoms with Crippen molar-refractivity contribution in [1.29, 1.82) is 0 Å². The molecule has 3 N–H and O–H groups in total. The molecule has 5 heteroatoms. The molecule has 1 unspecified atom stereocenters. The Morgan fingerprint density at radius 2 is 2.13 bits per heavy atom. The third kappa shape index (κ3) is 1.75. The highest BCUT2D eigenvalue weighted by atomic mass is 19.1. The molecule has 1 aliphatic rings. The number of aliphatic hydroxyl groups excluding tert-OH is 1. The molecule has 82 valence electrons. The molecule has 0 fully saturated rings. The van der Waals surface area contributed by atoms with E-state index >= 15 is 0 Å². The van der Waals surface area contributed by atoms with E-state index in [0.717, 1.165) is 0 Å². The molecule has 0 radical (unpaired) electrons. The van der Waals surface area contributed by atoms with E-state index in [1.54, 1.807) is 6.07 Å². The van der Waals surface area contributed by atoms with Crippen molar-refractivity contribution >= 4 is 0 Å². The van der Waals surface area contributed by atoms with Crippen LogP contribution in [-0.4, -0.2) is 24.9 Å². The first-order valence-electron chi connectivity index (χ1n) is 4.68. The number of ether oxygens (including phenoxy) is 2. The van der Waals surface area contributed by atoms with Gasteiger partial charge in [0.25, 0.3) is 0 Å². The molecule has 0 amide bonds. The van der Waals surface area contributed by atoms with Crippen LogP contribution in [0.15, 0.2) is 12.1 Å². The SMILES string of the molecule is NC(CO)c1ccc2c(c1F)OCCO2. The summed E-state index contributed by atoms with van der Waals surface area (Å²) >= 11 is 0. The van der Waals surface area contributed by atoms with Gasteiger partial charge in [0.05, 0.1) is 12.6 Å². The number of fused-ring (bicyclic) bond motifs is 1. The van der Waals surface area contributed by atoms with Gasteiger partial charge in [-0.25, -0.2) is 4.39 Å². The van der Waals surface area contributed by atoms with Crippen LogP contribution >= 0.6 is 0 Å². The second kappa shape index (κ2) is 4.04. The zero-order valence-corrected chi connectivity index (χ0v) is 8.07. The van der Waals surface area contributed by atoms with Crippen molar-refractivity contribution in [2.75, 3.05) is 19.8 Å². The van der Waals surface area contributed by atoms with Crippen LogP contribution in [0, 0.1) is 5.82 Å². The summed E-state index contributed by atoms with van der Waals surface area (Å²) in [7, 11) is 0. The number of benzene rings is 1. The van der Waals surface area contributed by atoms with Gasteiger partial charge in [0.1, 0.15) is 13.2 Å². The van der Waals surface area contributed by atoms with Crippen LogP contribution in [-0.2, 0) is 0 Å². The second-order valence-corrected chi connectivity index (χ2v) is 3.28. The van der Waals surface area contributed by atoms with Crippen molar-refractivity contribution in [2.24, 2.45) is 5.73 Å². The third-order valence-corrected chi connectivity index (χ3v) is 2.27. The summed E-state index contributed by atoms with van der Waals surface area (Å²) in [5.41, 5.74) is 5.78. The van der Waals surface area contributed by atoms with E-state index in [4.69, 9.17) is 20.3 Å². The Kier molecular flexibility index (Phi) is 2.75. The van der Waals surface area contributed by atoms with Crippen molar-refractivity contribution in [3.63, 3.8) is 0 Å². The summed E-state index contributed by atoms with van der Waals surface area (Å²) in [6, 6.07) is 2.37. The van der Waals surface area contributed by atoms with Crippen LogP contribution in [0.4, 0.5) is 4.39 Å². The normalized spacial score (nSPS) is 16.2. The zero-order chi connectivity index (χ0) is 10.8. The summed E-state index contributed by atoms with van der Waals surface area (Å²) in [6.45, 7) is 0.427. The average molecular weight is 213 g/mol. The molecule has 1 aliphatic heterocycles. The Bertz CT molecular complexity index is 370. The predicted molar refractivity (Wildman–Crippen MR) is 51.4 cm³/mol. The van der Waals surface area contributed by atoms with Crippen LogP contribution in [0.3, 0.4) is 0 Å². The Hall–Kier alpha value is -1.33. The fraction of sp³-hybridized carbons (Fsp3) is 0.400. The lowest BCUT2D eigenvalue weighted by molar-refractivity contribution is 0.163. The van der Waals surface area contributed by atoms with Crippen molar-refractivity contribution < 1.29 is 19.0 Å². The van der Waals surface area contributed by atoms with Crippen LogP contribution in [0.2, 0.25) is 0 Å². The summed E-state index contributed by atoms with van der Waals surface area (Å²) in [5, 5.41) is 8.85. The quantitative estimate of drug-likeness (QED) is 0.754. The molecule has 1 aromatic carbocycles. The van der Waals surface area contributed by atoms with Crippen molar-refractivity contribution in [3.8, 4) is 11.5 Å². The highest BCUT2D eigenvalue weighted by Gasteiger charge is 2.21. The minimum atomic E-state index is -0.735. The molecule has 2 rings (SSSR count). The van der Waals surface area contributed by atoms with Gasteiger partial charge in [-0.1, -0.05) is 6.07 Å². The molecule has 0 saturated heterocycles. The number of rotatable bonds is 2. The number of aliphatic hydroxyl groups is 1. The highest BCUT2D eigenvalue weighted by Crippen LogP contribution is 2.35. The van der Waals surface area contributed by atoms with Gasteiger partial charge in [-0.15, -0.1) is 0 Å². The third-order valence-electron chi connectivity index (χ3n) is 2.27. The maximum atomic E-state index is 13.8. The smallest absolute Gasteiger partial charge is 0.197 e. The Morgan fingerprint density at radius 1 is 1.40 bits per heavy atom. The molecular weight excluding hydrogens is 201 g/mol. The molecule has 0 bridgehead atoms. The summed E-state index contributed by atoms with van der Waals surface area (Å²) in [5.74, 6) is -0.0796. The van der Waals surface area contributed by atoms with Gasteiger partial charge in [-0.05, 0) is 6.07 Å². The van der Waals surface area contributed by atoms with Crippen LogP contribution in [0.5, 0.6) is 11.5 Å². The Balaban J connectivity index is 2.43. The number of halogens is 1. The summed E-state index contributed by atoms with van der Waals surface area (Å²) in [6.07, 6.45) is 0. The lowest BCUT2D eigenvalue weighted by Crippen LogP contribution is -2.20. The van der Waals surface area contributed by atoms with Crippen molar-refractivity contribution in [1.82, 2.24) is 0 Å².